The lowest BCUT2D eigenvalue weighted by Gasteiger charge is -2.44. The van der Waals surface area contributed by atoms with Crippen molar-refractivity contribution in [1.29, 1.82) is 0 Å². The predicted molar refractivity (Wildman–Crippen MR) is 123 cm³/mol. The van der Waals surface area contributed by atoms with Gasteiger partial charge in [0.2, 0.25) is 0 Å². The first-order chi connectivity index (χ1) is 14.1. The molecule has 0 aromatic rings. The highest BCUT2D eigenvalue weighted by molar-refractivity contribution is 5.80. The van der Waals surface area contributed by atoms with Crippen molar-refractivity contribution in [2.24, 2.45) is 29.1 Å². The number of aliphatic hydroxyl groups is 2. The van der Waals surface area contributed by atoms with Crippen molar-refractivity contribution in [3.8, 4) is 0 Å². The number of ketones is 1. The molecule has 3 heteroatoms. The Labute approximate surface area is 183 Å². The average molecular weight is 415 g/mol. The van der Waals surface area contributed by atoms with Gasteiger partial charge in [-0.3, -0.25) is 4.79 Å². The average Bonchev–Trinajstić information content (AvgIpc) is 3.04. The van der Waals surface area contributed by atoms with E-state index in [2.05, 4.69) is 32.6 Å². The van der Waals surface area contributed by atoms with Gasteiger partial charge in [0.25, 0.3) is 0 Å². The summed E-state index contributed by atoms with van der Waals surface area (Å²) in [6.07, 6.45) is 12.2. The first kappa shape index (κ1) is 23.5. The summed E-state index contributed by atoms with van der Waals surface area (Å²) >= 11 is 0. The largest absolute Gasteiger partial charge is 0.393 e. The minimum Gasteiger partial charge on any atom is -0.393 e. The first-order valence-electron chi connectivity index (χ1n) is 12.1. The molecule has 0 radical (unpaired) electrons. The lowest BCUT2D eigenvalue weighted by atomic mass is 9.60. The smallest absolute Gasteiger partial charge is 0.135 e. The molecular weight excluding hydrogens is 372 g/mol. The molecule has 0 amide bonds. The minimum absolute atomic E-state index is 0.146. The molecule has 3 nitrogen and oxygen atoms in total. The second-order valence-electron chi connectivity index (χ2n) is 10.8. The molecule has 3 rings (SSSR count). The van der Waals surface area contributed by atoms with Gasteiger partial charge in [0.15, 0.2) is 0 Å². The Bertz CT molecular complexity index is 716. The van der Waals surface area contributed by atoms with Crippen LogP contribution in [-0.2, 0) is 4.79 Å². The number of fused-ring (bicyclic) bond motifs is 1. The maximum Gasteiger partial charge on any atom is 0.135 e. The SMILES string of the molecule is C=C1/C(=C\C=C2/CCC[C@@]3(C)C2CC[C@@H]3[C@H](C)CCC(=O)C(C)C)C[C@@H](O)CC1O. The fourth-order valence-electron chi connectivity index (χ4n) is 6.54. The third-order valence-electron chi connectivity index (χ3n) is 8.48. The summed E-state index contributed by atoms with van der Waals surface area (Å²) in [6.45, 7) is 12.9. The number of allylic oxidation sites excluding steroid dienone is 3. The van der Waals surface area contributed by atoms with E-state index in [0.717, 1.165) is 30.4 Å². The van der Waals surface area contributed by atoms with E-state index in [-0.39, 0.29) is 5.92 Å². The normalized spacial score (nSPS) is 38.3. The molecule has 3 aliphatic carbocycles. The summed E-state index contributed by atoms with van der Waals surface area (Å²) < 4.78 is 0. The van der Waals surface area contributed by atoms with Gasteiger partial charge in [-0.1, -0.05) is 52.0 Å². The fraction of sp³-hybridized carbons (Fsp3) is 0.741. The molecule has 168 valence electrons. The molecule has 0 spiro atoms. The number of carbonyl (C=O) groups excluding carboxylic acids is 1. The van der Waals surface area contributed by atoms with E-state index >= 15 is 0 Å². The van der Waals surface area contributed by atoms with Crippen LogP contribution in [-0.4, -0.2) is 28.2 Å². The van der Waals surface area contributed by atoms with Crippen molar-refractivity contribution in [2.45, 2.75) is 97.7 Å². The Morgan fingerprint density at radius 2 is 1.97 bits per heavy atom. The number of carbonyl (C=O) groups is 1. The Kier molecular flexibility index (Phi) is 7.45. The molecule has 3 saturated carbocycles. The van der Waals surface area contributed by atoms with Crippen LogP contribution < -0.4 is 0 Å². The summed E-state index contributed by atoms with van der Waals surface area (Å²) in [5.74, 6) is 2.43. The van der Waals surface area contributed by atoms with Crippen molar-refractivity contribution < 1.29 is 15.0 Å². The summed E-state index contributed by atoms with van der Waals surface area (Å²) in [4.78, 5) is 12.1. The van der Waals surface area contributed by atoms with Gasteiger partial charge in [-0.2, -0.15) is 0 Å². The maximum absolute atomic E-state index is 12.1. The number of aliphatic hydroxyl groups excluding tert-OH is 2. The zero-order valence-electron chi connectivity index (χ0n) is 19.5. The topological polar surface area (TPSA) is 57.5 Å². The summed E-state index contributed by atoms with van der Waals surface area (Å²) in [7, 11) is 0. The lowest BCUT2D eigenvalue weighted by molar-refractivity contribution is -0.122. The van der Waals surface area contributed by atoms with E-state index in [0.29, 0.717) is 41.8 Å². The van der Waals surface area contributed by atoms with Gasteiger partial charge >= 0.3 is 0 Å². The van der Waals surface area contributed by atoms with Crippen molar-refractivity contribution in [1.82, 2.24) is 0 Å². The monoisotopic (exact) mass is 414 g/mol. The van der Waals surface area contributed by atoms with Crippen molar-refractivity contribution in [2.75, 3.05) is 0 Å². The number of hydrogen-bond acceptors (Lipinski definition) is 3. The van der Waals surface area contributed by atoms with Gasteiger partial charge in [0, 0.05) is 18.8 Å². The van der Waals surface area contributed by atoms with Gasteiger partial charge in [-0.15, -0.1) is 0 Å². The van der Waals surface area contributed by atoms with Crippen LogP contribution in [0.4, 0.5) is 0 Å². The molecular formula is C27H42O3. The van der Waals surface area contributed by atoms with E-state index in [1.807, 2.05) is 13.8 Å². The molecule has 3 aliphatic rings. The number of Topliss-reactive ketones (excluding diaryl/α,β-unsaturated/α-hetero) is 1. The molecule has 0 saturated heterocycles. The standard InChI is InChI=1S/C27H42O3/c1-17(2)25(29)13-8-18(3)23-11-12-24-20(7-6-14-27(23,24)5)9-10-21-15-22(28)16-26(30)19(21)4/h9-10,17-18,22-24,26,28,30H,4,6-8,11-16H2,1-3,5H3/b20-9+,21-10-/t18-,22-,23-,24?,26?,27-/m1/s1. The Hall–Kier alpha value is -1.19. The van der Waals surface area contributed by atoms with E-state index in [9.17, 15) is 15.0 Å². The molecule has 0 aliphatic heterocycles. The predicted octanol–water partition coefficient (Wildman–Crippen LogP) is 5.77. The van der Waals surface area contributed by atoms with Crippen LogP contribution in [0.25, 0.3) is 0 Å². The van der Waals surface area contributed by atoms with Crippen molar-refractivity contribution in [3.05, 3.63) is 35.5 Å². The second kappa shape index (κ2) is 9.53. The molecule has 6 atom stereocenters. The molecule has 3 fully saturated rings. The molecule has 0 bridgehead atoms. The summed E-state index contributed by atoms with van der Waals surface area (Å²) in [6, 6.07) is 0. The molecule has 2 N–H and O–H groups in total. The van der Waals surface area contributed by atoms with E-state index < -0.39 is 12.2 Å². The van der Waals surface area contributed by atoms with Crippen LogP contribution in [0.3, 0.4) is 0 Å². The van der Waals surface area contributed by atoms with Crippen LogP contribution in [0.5, 0.6) is 0 Å². The fourth-order valence-corrected chi connectivity index (χ4v) is 6.54. The minimum atomic E-state index is -0.625. The van der Waals surface area contributed by atoms with Gasteiger partial charge in [-0.25, -0.2) is 0 Å². The Balaban J connectivity index is 1.72. The Morgan fingerprint density at radius 1 is 1.23 bits per heavy atom. The van der Waals surface area contributed by atoms with Gasteiger partial charge < -0.3 is 10.2 Å². The summed E-state index contributed by atoms with van der Waals surface area (Å²) in [5.41, 5.74) is 3.62. The van der Waals surface area contributed by atoms with Crippen LogP contribution in [0, 0.1) is 29.1 Å². The molecule has 0 aromatic carbocycles. The van der Waals surface area contributed by atoms with Crippen LogP contribution >= 0.6 is 0 Å². The van der Waals surface area contributed by atoms with E-state index in [1.54, 1.807) is 0 Å². The highest BCUT2D eigenvalue weighted by atomic mass is 16.3. The van der Waals surface area contributed by atoms with Gasteiger partial charge in [0.1, 0.15) is 5.78 Å². The molecule has 30 heavy (non-hydrogen) atoms. The third kappa shape index (κ3) is 4.83. The van der Waals surface area contributed by atoms with E-state index in [1.165, 1.54) is 31.3 Å². The quantitative estimate of drug-likeness (QED) is 0.580. The lowest BCUT2D eigenvalue weighted by Crippen LogP contribution is -2.36. The first-order valence-corrected chi connectivity index (χ1v) is 12.1. The van der Waals surface area contributed by atoms with Crippen LogP contribution in [0.1, 0.15) is 85.5 Å². The molecule has 0 aromatic heterocycles. The summed E-state index contributed by atoms with van der Waals surface area (Å²) in [5, 5.41) is 20.2. The second-order valence-corrected chi connectivity index (χ2v) is 10.8. The number of hydrogen-bond donors (Lipinski definition) is 2. The van der Waals surface area contributed by atoms with Crippen LogP contribution in [0.2, 0.25) is 0 Å². The van der Waals surface area contributed by atoms with Gasteiger partial charge in [0.05, 0.1) is 12.2 Å². The third-order valence-corrected chi connectivity index (χ3v) is 8.48. The Morgan fingerprint density at radius 3 is 2.67 bits per heavy atom. The molecule has 2 unspecified atom stereocenters. The van der Waals surface area contributed by atoms with Crippen molar-refractivity contribution in [3.63, 3.8) is 0 Å². The van der Waals surface area contributed by atoms with E-state index in [4.69, 9.17) is 0 Å². The maximum atomic E-state index is 12.1. The van der Waals surface area contributed by atoms with Crippen LogP contribution in [0.15, 0.2) is 35.5 Å². The number of rotatable bonds is 6. The zero-order chi connectivity index (χ0) is 22.1. The van der Waals surface area contributed by atoms with Gasteiger partial charge in [-0.05, 0) is 79.3 Å². The van der Waals surface area contributed by atoms with Crippen molar-refractivity contribution >= 4 is 5.78 Å². The molecule has 0 heterocycles. The zero-order valence-corrected chi connectivity index (χ0v) is 19.5. The highest BCUT2D eigenvalue weighted by Crippen LogP contribution is 2.59. The highest BCUT2D eigenvalue weighted by Gasteiger charge is 2.50.